The van der Waals surface area contributed by atoms with Crippen molar-refractivity contribution in [2.75, 3.05) is 32.7 Å². The van der Waals surface area contributed by atoms with Gasteiger partial charge in [0.15, 0.2) is 0 Å². The second-order valence-electron chi connectivity index (χ2n) is 6.57. The summed E-state index contributed by atoms with van der Waals surface area (Å²) in [5, 5.41) is 10.7. The standard InChI is InChI=1S/C18H23FN2O2/c19-16-6-2-1-5-15(16)7-8-17(22)21-12-9-18(23,14-21)13-20-10-3-4-11-20/h1-2,5-8,23H,3-4,9-14H2/b8-7+/t18-/m1/s1. The van der Waals surface area contributed by atoms with Crippen LogP contribution in [0.5, 0.6) is 0 Å². The Morgan fingerprint density at radius 2 is 2.00 bits per heavy atom. The Hall–Kier alpha value is -1.72. The maximum Gasteiger partial charge on any atom is 0.246 e. The third-order valence-corrected chi connectivity index (χ3v) is 4.67. The van der Waals surface area contributed by atoms with Gasteiger partial charge in [0.2, 0.25) is 5.91 Å². The zero-order valence-corrected chi connectivity index (χ0v) is 13.2. The van der Waals surface area contributed by atoms with Crippen LogP contribution in [0.15, 0.2) is 30.3 Å². The number of amides is 1. The Balaban J connectivity index is 1.57. The molecule has 124 valence electrons. The van der Waals surface area contributed by atoms with Crippen molar-refractivity contribution in [1.82, 2.24) is 9.80 Å². The van der Waals surface area contributed by atoms with Gasteiger partial charge in [0.1, 0.15) is 5.82 Å². The minimum absolute atomic E-state index is 0.175. The smallest absolute Gasteiger partial charge is 0.246 e. The highest BCUT2D eigenvalue weighted by molar-refractivity contribution is 5.92. The molecular formula is C18H23FN2O2. The van der Waals surface area contributed by atoms with Crippen LogP contribution in [0, 0.1) is 5.82 Å². The van der Waals surface area contributed by atoms with Crippen molar-refractivity contribution in [1.29, 1.82) is 0 Å². The van der Waals surface area contributed by atoms with E-state index >= 15 is 0 Å². The van der Waals surface area contributed by atoms with E-state index in [1.54, 1.807) is 23.1 Å². The van der Waals surface area contributed by atoms with Gasteiger partial charge in [-0.1, -0.05) is 18.2 Å². The van der Waals surface area contributed by atoms with Gasteiger partial charge in [-0.05, 0) is 44.5 Å². The minimum atomic E-state index is -0.814. The zero-order valence-electron chi connectivity index (χ0n) is 13.2. The fourth-order valence-corrected chi connectivity index (χ4v) is 3.41. The molecule has 0 unspecified atom stereocenters. The molecule has 2 aliphatic rings. The molecule has 4 nitrogen and oxygen atoms in total. The summed E-state index contributed by atoms with van der Waals surface area (Å²) < 4.78 is 13.5. The number of hydrogen-bond donors (Lipinski definition) is 1. The summed E-state index contributed by atoms with van der Waals surface area (Å²) in [5.41, 5.74) is -0.418. The number of rotatable bonds is 4. The molecule has 2 fully saturated rings. The summed E-state index contributed by atoms with van der Waals surface area (Å²) in [4.78, 5) is 16.2. The Labute approximate surface area is 136 Å². The van der Waals surface area contributed by atoms with Crippen molar-refractivity contribution >= 4 is 12.0 Å². The lowest BCUT2D eigenvalue weighted by Crippen LogP contribution is -2.44. The molecule has 1 N–H and O–H groups in total. The number of carbonyl (C=O) groups is 1. The molecule has 3 rings (SSSR count). The van der Waals surface area contributed by atoms with Crippen molar-refractivity contribution in [2.45, 2.75) is 24.9 Å². The molecule has 1 amide bonds. The molecule has 0 bridgehead atoms. The van der Waals surface area contributed by atoms with Crippen molar-refractivity contribution in [3.05, 3.63) is 41.7 Å². The summed E-state index contributed by atoms with van der Waals surface area (Å²) in [6, 6.07) is 6.35. The average Bonchev–Trinajstić information content (AvgIpc) is 3.16. The van der Waals surface area contributed by atoms with Gasteiger partial charge in [-0.3, -0.25) is 4.79 Å². The molecule has 0 radical (unpaired) electrons. The van der Waals surface area contributed by atoms with E-state index in [-0.39, 0.29) is 11.7 Å². The topological polar surface area (TPSA) is 43.8 Å². The lowest BCUT2D eigenvalue weighted by atomic mass is 10.0. The van der Waals surface area contributed by atoms with Crippen molar-refractivity contribution < 1.29 is 14.3 Å². The van der Waals surface area contributed by atoms with Crippen molar-refractivity contribution in [3.8, 4) is 0 Å². The zero-order chi connectivity index (χ0) is 16.3. The second kappa shape index (κ2) is 6.81. The number of hydrogen-bond acceptors (Lipinski definition) is 3. The highest BCUT2D eigenvalue weighted by atomic mass is 19.1. The van der Waals surface area contributed by atoms with E-state index in [0.717, 1.165) is 13.1 Å². The monoisotopic (exact) mass is 318 g/mol. The number of halogens is 1. The van der Waals surface area contributed by atoms with E-state index in [1.807, 2.05) is 0 Å². The third kappa shape index (κ3) is 3.98. The van der Waals surface area contributed by atoms with Gasteiger partial charge in [0, 0.05) is 24.7 Å². The van der Waals surface area contributed by atoms with Gasteiger partial charge in [-0.25, -0.2) is 4.39 Å². The molecule has 2 saturated heterocycles. The van der Waals surface area contributed by atoms with Crippen LogP contribution in [0.3, 0.4) is 0 Å². The number of β-amino-alcohol motifs (C(OH)–C–C–N with tert-alkyl or cyclic N) is 1. The van der Waals surface area contributed by atoms with Crippen LogP contribution in [0.1, 0.15) is 24.8 Å². The molecule has 5 heteroatoms. The predicted molar refractivity (Wildman–Crippen MR) is 87.3 cm³/mol. The minimum Gasteiger partial charge on any atom is -0.387 e. The lowest BCUT2D eigenvalue weighted by Gasteiger charge is -2.28. The van der Waals surface area contributed by atoms with Crippen molar-refractivity contribution in [2.24, 2.45) is 0 Å². The van der Waals surface area contributed by atoms with Crippen LogP contribution in [-0.4, -0.2) is 59.1 Å². The van der Waals surface area contributed by atoms with Crippen LogP contribution >= 0.6 is 0 Å². The summed E-state index contributed by atoms with van der Waals surface area (Å²) >= 11 is 0. The van der Waals surface area contributed by atoms with E-state index in [0.29, 0.717) is 31.6 Å². The molecule has 1 atom stereocenters. The van der Waals surface area contributed by atoms with Crippen LogP contribution < -0.4 is 0 Å². The van der Waals surface area contributed by atoms with Gasteiger partial charge in [0.05, 0.1) is 12.1 Å². The lowest BCUT2D eigenvalue weighted by molar-refractivity contribution is -0.126. The normalized spacial score (nSPS) is 25.6. The molecule has 0 spiro atoms. The van der Waals surface area contributed by atoms with E-state index in [2.05, 4.69) is 4.90 Å². The second-order valence-corrected chi connectivity index (χ2v) is 6.57. The fraction of sp³-hybridized carbons (Fsp3) is 0.500. The Morgan fingerprint density at radius 3 is 2.74 bits per heavy atom. The molecule has 0 saturated carbocycles. The Kier molecular flexibility index (Phi) is 4.78. The van der Waals surface area contributed by atoms with Crippen LogP contribution in [0.25, 0.3) is 6.08 Å². The van der Waals surface area contributed by atoms with Crippen LogP contribution in [0.4, 0.5) is 4.39 Å². The number of benzene rings is 1. The SMILES string of the molecule is O=C(/C=C/c1ccccc1F)N1CC[C@@](O)(CN2CCCC2)C1. The highest BCUT2D eigenvalue weighted by Gasteiger charge is 2.39. The van der Waals surface area contributed by atoms with Gasteiger partial charge in [-0.2, -0.15) is 0 Å². The van der Waals surface area contributed by atoms with Crippen LogP contribution in [0.2, 0.25) is 0 Å². The number of likely N-dealkylation sites (tertiary alicyclic amines) is 2. The summed E-state index contributed by atoms with van der Waals surface area (Å²) in [6.07, 6.45) is 5.85. The van der Waals surface area contributed by atoms with Gasteiger partial charge in [-0.15, -0.1) is 0 Å². The first-order valence-corrected chi connectivity index (χ1v) is 8.22. The molecular weight excluding hydrogens is 295 g/mol. The molecule has 23 heavy (non-hydrogen) atoms. The van der Waals surface area contributed by atoms with Crippen LogP contribution in [-0.2, 0) is 4.79 Å². The molecule has 1 aromatic rings. The number of nitrogens with zero attached hydrogens (tertiary/aromatic N) is 2. The largest absolute Gasteiger partial charge is 0.387 e. The first-order valence-electron chi connectivity index (χ1n) is 8.22. The maximum atomic E-state index is 13.5. The maximum absolute atomic E-state index is 13.5. The molecule has 2 heterocycles. The predicted octanol–water partition coefficient (Wildman–Crippen LogP) is 1.90. The number of carbonyl (C=O) groups excluding carboxylic acids is 1. The number of aliphatic hydroxyl groups is 1. The van der Waals surface area contributed by atoms with E-state index in [1.165, 1.54) is 31.1 Å². The van der Waals surface area contributed by atoms with Crippen molar-refractivity contribution in [3.63, 3.8) is 0 Å². The summed E-state index contributed by atoms with van der Waals surface area (Å²) in [6.45, 7) is 3.59. The third-order valence-electron chi connectivity index (χ3n) is 4.67. The first kappa shape index (κ1) is 16.1. The van der Waals surface area contributed by atoms with Gasteiger partial charge >= 0.3 is 0 Å². The van der Waals surface area contributed by atoms with E-state index < -0.39 is 5.60 Å². The Bertz CT molecular complexity index is 598. The highest BCUT2D eigenvalue weighted by Crippen LogP contribution is 2.24. The summed E-state index contributed by atoms with van der Waals surface area (Å²) in [5.74, 6) is -0.519. The van der Waals surface area contributed by atoms with Gasteiger partial charge in [0.25, 0.3) is 0 Å². The Morgan fingerprint density at radius 1 is 1.26 bits per heavy atom. The molecule has 2 aliphatic heterocycles. The molecule has 1 aromatic carbocycles. The molecule has 0 aliphatic carbocycles. The van der Waals surface area contributed by atoms with Gasteiger partial charge < -0.3 is 14.9 Å². The first-order chi connectivity index (χ1) is 11.1. The quantitative estimate of drug-likeness (QED) is 0.862. The van der Waals surface area contributed by atoms with E-state index in [4.69, 9.17) is 0 Å². The summed E-state index contributed by atoms with van der Waals surface area (Å²) in [7, 11) is 0. The molecule has 0 aromatic heterocycles. The average molecular weight is 318 g/mol. The van der Waals surface area contributed by atoms with E-state index in [9.17, 15) is 14.3 Å². The fourth-order valence-electron chi connectivity index (χ4n) is 3.41.